The monoisotopic (exact) mass is 401 g/mol. The molecule has 6 heteroatoms. The molecule has 1 aliphatic carbocycles. The third-order valence-electron chi connectivity index (χ3n) is 5.03. The molecule has 1 aromatic heterocycles. The summed E-state index contributed by atoms with van der Waals surface area (Å²) >= 11 is 1.49. The van der Waals surface area contributed by atoms with Crippen LogP contribution in [0.5, 0.6) is 5.75 Å². The van der Waals surface area contributed by atoms with Crippen LogP contribution in [0.4, 0.5) is 5.00 Å². The third kappa shape index (κ3) is 4.38. The van der Waals surface area contributed by atoms with Crippen molar-refractivity contribution in [3.05, 3.63) is 44.8 Å². The molecular formula is C22H27NO4S. The van der Waals surface area contributed by atoms with Gasteiger partial charge in [0, 0.05) is 4.88 Å². The Labute approximate surface area is 170 Å². The van der Waals surface area contributed by atoms with E-state index in [9.17, 15) is 9.59 Å². The molecule has 0 spiro atoms. The molecule has 3 rings (SSSR count). The van der Waals surface area contributed by atoms with Crippen molar-refractivity contribution in [1.29, 1.82) is 0 Å². The average Bonchev–Trinajstić information content (AvgIpc) is 3.01. The highest BCUT2D eigenvalue weighted by molar-refractivity contribution is 7.17. The minimum Gasteiger partial charge on any atom is -0.483 e. The number of rotatable bonds is 6. The first-order chi connectivity index (χ1) is 13.4. The van der Waals surface area contributed by atoms with E-state index in [0.29, 0.717) is 22.9 Å². The SMILES string of the molecule is CCOC(=O)c1c(NC(=O)COc2cc(C)cc(C)c2C)sc2c1CCCC2. The molecule has 1 aliphatic rings. The molecule has 150 valence electrons. The zero-order valence-corrected chi connectivity index (χ0v) is 17.8. The Morgan fingerprint density at radius 3 is 2.64 bits per heavy atom. The summed E-state index contributed by atoms with van der Waals surface area (Å²) in [7, 11) is 0. The van der Waals surface area contributed by atoms with E-state index < -0.39 is 0 Å². The molecule has 1 amide bonds. The lowest BCUT2D eigenvalue weighted by atomic mass is 9.95. The normalized spacial score (nSPS) is 13.0. The largest absolute Gasteiger partial charge is 0.483 e. The Morgan fingerprint density at radius 1 is 1.14 bits per heavy atom. The van der Waals surface area contributed by atoms with Gasteiger partial charge in [0.05, 0.1) is 12.2 Å². The van der Waals surface area contributed by atoms with Crippen molar-refractivity contribution in [2.24, 2.45) is 0 Å². The lowest BCUT2D eigenvalue weighted by molar-refractivity contribution is -0.118. The van der Waals surface area contributed by atoms with Crippen LogP contribution in [-0.2, 0) is 22.4 Å². The van der Waals surface area contributed by atoms with Crippen molar-refractivity contribution < 1.29 is 19.1 Å². The Hall–Kier alpha value is -2.34. The summed E-state index contributed by atoms with van der Waals surface area (Å²) in [5.41, 5.74) is 4.81. The highest BCUT2D eigenvalue weighted by atomic mass is 32.1. The second kappa shape index (κ2) is 8.78. The van der Waals surface area contributed by atoms with Gasteiger partial charge in [-0.2, -0.15) is 0 Å². The number of benzene rings is 1. The van der Waals surface area contributed by atoms with Gasteiger partial charge in [0.2, 0.25) is 0 Å². The van der Waals surface area contributed by atoms with E-state index in [1.807, 2.05) is 26.8 Å². The molecule has 1 aromatic carbocycles. The summed E-state index contributed by atoms with van der Waals surface area (Å²) in [6, 6.07) is 4.02. The van der Waals surface area contributed by atoms with Gasteiger partial charge in [0.15, 0.2) is 6.61 Å². The molecule has 0 aliphatic heterocycles. The number of hydrogen-bond acceptors (Lipinski definition) is 5. The van der Waals surface area contributed by atoms with E-state index in [1.54, 1.807) is 6.92 Å². The number of hydrogen-bond donors (Lipinski definition) is 1. The van der Waals surface area contributed by atoms with Crippen molar-refractivity contribution in [3.63, 3.8) is 0 Å². The van der Waals surface area contributed by atoms with E-state index in [-0.39, 0.29) is 18.5 Å². The summed E-state index contributed by atoms with van der Waals surface area (Å²) in [4.78, 5) is 26.2. The number of aryl methyl sites for hydroxylation is 3. The molecule has 2 aromatic rings. The predicted molar refractivity (Wildman–Crippen MR) is 112 cm³/mol. The lowest BCUT2D eigenvalue weighted by Crippen LogP contribution is -2.21. The van der Waals surface area contributed by atoms with Crippen LogP contribution in [0.2, 0.25) is 0 Å². The van der Waals surface area contributed by atoms with E-state index in [1.165, 1.54) is 16.2 Å². The van der Waals surface area contributed by atoms with Crippen molar-refractivity contribution >= 4 is 28.2 Å². The fourth-order valence-electron chi connectivity index (χ4n) is 3.53. The standard InChI is InChI=1S/C22H27NO4S/c1-5-26-22(25)20-16-8-6-7-9-18(16)28-21(20)23-19(24)12-27-17-11-13(2)10-14(3)15(17)4/h10-11H,5-9,12H2,1-4H3,(H,23,24). The maximum Gasteiger partial charge on any atom is 0.341 e. The van der Waals surface area contributed by atoms with Crippen LogP contribution < -0.4 is 10.1 Å². The van der Waals surface area contributed by atoms with E-state index in [0.717, 1.165) is 47.9 Å². The molecule has 1 heterocycles. The highest BCUT2D eigenvalue weighted by Gasteiger charge is 2.27. The van der Waals surface area contributed by atoms with Gasteiger partial charge in [0.1, 0.15) is 10.8 Å². The van der Waals surface area contributed by atoms with Gasteiger partial charge in [-0.3, -0.25) is 4.79 Å². The fourth-order valence-corrected chi connectivity index (χ4v) is 4.82. The molecule has 0 saturated heterocycles. The van der Waals surface area contributed by atoms with Gasteiger partial charge in [0.25, 0.3) is 5.91 Å². The van der Waals surface area contributed by atoms with Gasteiger partial charge in [-0.05, 0) is 81.7 Å². The zero-order valence-electron chi connectivity index (χ0n) is 16.9. The first-order valence-corrected chi connectivity index (χ1v) is 10.5. The molecule has 0 saturated carbocycles. The Kier molecular flexibility index (Phi) is 6.39. The molecule has 0 fully saturated rings. The average molecular weight is 402 g/mol. The van der Waals surface area contributed by atoms with Crippen molar-refractivity contribution in [2.75, 3.05) is 18.5 Å². The van der Waals surface area contributed by atoms with Gasteiger partial charge in [-0.25, -0.2) is 4.79 Å². The molecule has 5 nitrogen and oxygen atoms in total. The molecular weight excluding hydrogens is 374 g/mol. The van der Waals surface area contributed by atoms with Gasteiger partial charge >= 0.3 is 5.97 Å². The molecule has 28 heavy (non-hydrogen) atoms. The van der Waals surface area contributed by atoms with Gasteiger partial charge in [-0.15, -0.1) is 11.3 Å². The number of carbonyl (C=O) groups is 2. The maximum atomic E-state index is 12.5. The molecule has 0 atom stereocenters. The first kappa shape index (κ1) is 20.4. The van der Waals surface area contributed by atoms with Crippen LogP contribution in [0, 0.1) is 20.8 Å². The minimum absolute atomic E-state index is 0.103. The van der Waals surface area contributed by atoms with Crippen molar-refractivity contribution in [3.8, 4) is 5.75 Å². The van der Waals surface area contributed by atoms with Gasteiger partial charge < -0.3 is 14.8 Å². The minimum atomic E-state index is -0.358. The lowest BCUT2D eigenvalue weighted by Gasteiger charge is -2.13. The first-order valence-electron chi connectivity index (χ1n) is 9.72. The predicted octanol–water partition coefficient (Wildman–Crippen LogP) is 4.75. The van der Waals surface area contributed by atoms with Crippen LogP contribution in [0.15, 0.2) is 12.1 Å². The number of nitrogens with one attached hydrogen (secondary N) is 1. The second-order valence-electron chi connectivity index (χ2n) is 7.18. The number of anilines is 1. The molecule has 0 radical (unpaired) electrons. The summed E-state index contributed by atoms with van der Waals surface area (Å²) in [5, 5.41) is 3.46. The third-order valence-corrected chi connectivity index (χ3v) is 6.23. The molecule has 0 bridgehead atoms. The van der Waals surface area contributed by atoms with Crippen molar-refractivity contribution in [2.45, 2.75) is 53.4 Å². The summed E-state index contributed by atoms with van der Waals surface area (Å²) in [5.74, 6) is 0.0784. The zero-order chi connectivity index (χ0) is 20.3. The van der Waals surface area contributed by atoms with E-state index in [4.69, 9.17) is 9.47 Å². The van der Waals surface area contributed by atoms with Crippen LogP contribution in [0.25, 0.3) is 0 Å². The smallest absolute Gasteiger partial charge is 0.341 e. The molecule has 1 N–H and O–H groups in total. The summed E-state index contributed by atoms with van der Waals surface area (Å²) < 4.78 is 11.0. The Bertz CT molecular complexity index is 900. The maximum absolute atomic E-state index is 12.5. The highest BCUT2D eigenvalue weighted by Crippen LogP contribution is 2.38. The quantitative estimate of drug-likeness (QED) is 0.710. The van der Waals surface area contributed by atoms with Crippen LogP contribution in [0.3, 0.4) is 0 Å². The number of ether oxygens (including phenoxy) is 2. The molecule has 0 unspecified atom stereocenters. The Balaban J connectivity index is 1.75. The van der Waals surface area contributed by atoms with Crippen LogP contribution >= 0.6 is 11.3 Å². The van der Waals surface area contributed by atoms with Crippen molar-refractivity contribution in [1.82, 2.24) is 0 Å². The summed E-state index contributed by atoms with van der Waals surface area (Å²) in [6.45, 7) is 8.00. The topological polar surface area (TPSA) is 64.6 Å². The number of fused-ring (bicyclic) bond motifs is 1. The summed E-state index contributed by atoms with van der Waals surface area (Å²) in [6.07, 6.45) is 3.96. The number of esters is 1. The van der Waals surface area contributed by atoms with E-state index >= 15 is 0 Å². The second-order valence-corrected chi connectivity index (χ2v) is 8.28. The Morgan fingerprint density at radius 2 is 1.89 bits per heavy atom. The number of amides is 1. The number of carbonyl (C=O) groups excluding carboxylic acids is 2. The van der Waals surface area contributed by atoms with Crippen LogP contribution in [-0.4, -0.2) is 25.1 Å². The fraction of sp³-hybridized carbons (Fsp3) is 0.455. The number of thiophene rings is 1. The van der Waals surface area contributed by atoms with Crippen LogP contribution in [0.1, 0.15) is 57.3 Å². The van der Waals surface area contributed by atoms with Gasteiger partial charge in [-0.1, -0.05) is 6.07 Å². The van der Waals surface area contributed by atoms with E-state index in [2.05, 4.69) is 11.4 Å².